The maximum Gasteiger partial charge on any atom is 0.310 e. The van der Waals surface area contributed by atoms with Gasteiger partial charge in [-0.25, -0.2) is 0 Å². The number of methoxy groups -OCH3 is 1. The molecule has 0 heterocycles. The van der Waals surface area contributed by atoms with E-state index in [9.17, 15) is 14.7 Å². The molecule has 0 fully saturated rings. The van der Waals surface area contributed by atoms with Crippen LogP contribution in [0.2, 0.25) is 0 Å². The largest absolute Gasteiger partial charge is 0.496 e. The van der Waals surface area contributed by atoms with Gasteiger partial charge in [-0.2, -0.15) is 0 Å². The van der Waals surface area contributed by atoms with E-state index in [1.54, 1.807) is 7.11 Å². The lowest BCUT2D eigenvalue weighted by molar-refractivity contribution is -0.139. The van der Waals surface area contributed by atoms with Gasteiger partial charge in [0, 0.05) is 6.42 Å². The second kappa shape index (κ2) is 10.5. The second-order valence-corrected chi connectivity index (χ2v) is 6.93. The van der Waals surface area contributed by atoms with Gasteiger partial charge in [-0.15, -0.1) is 0 Å². The molecule has 0 aliphatic carbocycles. The van der Waals surface area contributed by atoms with E-state index >= 15 is 0 Å². The number of benzene rings is 2. The monoisotopic (exact) mass is 384 g/mol. The molecule has 0 aliphatic heterocycles. The highest BCUT2D eigenvalue weighted by Crippen LogP contribution is 2.24. The predicted molar refractivity (Wildman–Crippen MR) is 108 cm³/mol. The molecule has 1 atom stereocenters. The summed E-state index contributed by atoms with van der Waals surface area (Å²) in [5, 5.41) is 18.1. The number of aliphatic carboxylic acids is 2. The van der Waals surface area contributed by atoms with Crippen LogP contribution in [0.5, 0.6) is 5.75 Å². The molecule has 2 aromatic rings. The van der Waals surface area contributed by atoms with E-state index in [1.165, 1.54) is 5.56 Å². The number of hydrogen-bond acceptors (Lipinski definition) is 3. The zero-order valence-electron chi connectivity index (χ0n) is 16.5. The fraction of sp³-hybridized carbons (Fsp3) is 0.391. The van der Waals surface area contributed by atoms with E-state index in [0.717, 1.165) is 41.7 Å². The highest BCUT2D eigenvalue weighted by Gasteiger charge is 2.17. The third-order valence-corrected chi connectivity index (χ3v) is 4.98. The Morgan fingerprint density at radius 3 is 2.21 bits per heavy atom. The highest BCUT2D eigenvalue weighted by atomic mass is 16.5. The summed E-state index contributed by atoms with van der Waals surface area (Å²) in [5.74, 6) is -1.24. The van der Waals surface area contributed by atoms with Crippen molar-refractivity contribution in [3.63, 3.8) is 0 Å². The number of rotatable bonds is 11. The molecule has 0 radical (unpaired) electrons. The predicted octanol–water partition coefficient (Wildman–Crippen LogP) is 4.47. The molecule has 0 spiro atoms. The van der Waals surface area contributed by atoms with Crippen LogP contribution in [0.4, 0.5) is 0 Å². The molecule has 0 aliphatic rings. The van der Waals surface area contributed by atoms with Crippen molar-refractivity contribution in [3.05, 3.63) is 64.7 Å². The van der Waals surface area contributed by atoms with E-state index in [-0.39, 0.29) is 6.42 Å². The third kappa shape index (κ3) is 6.12. The first-order valence-corrected chi connectivity index (χ1v) is 9.63. The third-order valence-electron chi connectivity index (χ3n) is 4.98. The van der Waals surface area contributed by atoms with Crippen LogP contribution >= 0.6 is 0 Å². The van der Waals surface area contributed by atoms with E-state index in [4.69, 9.17) is 9.84 Å². The van der Waals surface area contributed by atoms with Crippen LogP contribution in [-0.2, 0) is 28.9 Å². The second-order valence-electron chi connectivity index (χ2n) is 6.93. The summed E-state index contributed by atoms with van der Waals surface area (Å²) in [6.07, 6.45) is 3.88. The van der Waals surface area contributed by atoms with Gasteiger partial charge in [0.25, 0.3) is 0 Å². The number of hydrogen-bond donors (Lipinski definition) is 2. The lowest BCUT2D eigenvalue weighted by Crippen LogP contribution is -2.10. The molecule has 150 valence electrons. The van der Waals surface area contributed by atoms with Crippen molar-refractivity contribution in [2.24, 2.45) is 0 Å². The summed E-state index contributed by atoms with van der Waals surface area (Å²) in [5.41, 5.74) is 4.09. The first-order valence-electron chi connectivity index (χ1n) is 9.63. The zero-order chi connectivity index (χ0) is 20.5. The molecule has 0 bridgehead atoms. The molecule has 28 heavy (non-hydrogen) atoms. The van der Waals surface area contributed by atoms with Crippen LogP contribution in [0.3, 0.4) is 0 Å². The molecule has 2 N–H and O–H groups in total. The smallest absolute Gasteiger partial charge is 0.310 e. The van der Waals surface area contributed by atoms with Crippen molar-refractivity contribution < 1.29 is 24.5 Å². The topological polar surface area (TPSA) is 83.8 Å². The van der Waals surface area contributed by atoms with E-state index in [2.05, 4.69) is 0 Å². The summed E-state index contributed by atoms with van der Waals surface area (Å²) in [6, 6.07) is 13.7. The van der Waals surface area contributed by atoms with Crippen LogP contribution in [0.15, 0.2) is 42.5 Å². The fourth-order valence-corrected chi connectivity index (χ4v) is 3.35. The van der Waals surface area contributed by atoms with Gasteiger partial charge in [0.15, 0.2) is 0 Å². The first kappa shape index (κ1) is 21.5. The lowest BCUT2D eigenvalue weighted by atomic mass is 9.94. The van der Waals surface area contributed by atoms with Crippen molar-refractivity contribution in [2.45, 2.75) is 51.4 Å². The van der Waals surface area contributed by atoms with Gasteiger partial charge in [0.05, 0.1) is 13.0 Å². The Labute approximate surface area is 166 Å². The number of aryl methyl sites for hydroxylation is 3. The standard InChI is InChI=1S/C23H28O5/c1-3-20(23(26)27)18-11-7-16(8-12-18)5-4-6-19-13-9-17(10-14-22(24)25)15-21(19)28-2/h7-9,11-13,15,20H,3-6,10,14H2,1-2H3,(H,24,25)(H,26,27). The van der Waals surface area contributed by atoms with E-state index < -0.39 is 17.9 Å². The summed E-state index contributed by atoms with van der Waals surface area (Å²) in [6.45, 7) is 1.88. The molecule has 0 saturated carbocycles. The SMILES string of the molecule is CCC(C(=O)O)c1ccc(CCCc2ccc(CCC(=O)O)cc2OC)cc1. The lowest BCUT2D eigenvalue weighted by Gasteiger charge is -2.12. The minimum atomic E-state index is -0.803. The molecule has 0 amide bonds. The van der Waals surface area contributed by atoms with Crippen molar-refractivity contribution in [1.29, 1.82) is 0 Å². The van der Waals surface area contributed by atoms with Gasteiger partial charge < -0.3 is 14.9 Å². The van der Waals surface area contributed by atoms with E-state index in [1.807, 2.05) is 49.4 Å². The number of ether oxygens (including phenoxy) is 1. The van der Waals surface area contributed by atoms with Crippen LogP contribution in [-0.4, -0.2) is 29.3 Å². The Morgan fingerprint density at radius 1 is 0.964 bits per heavy atom. The molecule has 5 heteroatoms. The molecule has 2 aromatic carbocycles. The fourth-order valence-electron chi connectivity index (χ4n) is 3.35. The summed E-state index contributed by atoms with van der Waals surface area (Å²) < 4.78 is 5.47. The Morgan fingerprint density at radius 2 is 1.64 bits per heavy atom. The van der Waals surface area contributed by atoms with Crippen molar-refractivity contribution >= 4 is 11.9 Å². The van der Waals surface area contributed by atoms with E-state index in [0.29, 0.717) is 12.8 Å². The van der Waals surface area contributed by atoms with Crippen LogP contribution in [0, 0.1) is 0 Å². The first-order chi connectivity index (χ1) is 13.4. The van der Waals surface area contributed by atoms with Gasteiger partial charge in [-0.05, 0) is 60.4 Å². The normalized spacial score (nSPS) is 11.8. The Bertz CT molecular complexity index is 795. The molecule has 1 unspecified atom stereocenters. The Balaban J connectivity index is 1.93. The number of carbonyl (C=O) groups is 2. The zero-order valence-corrected chi connectivity index (χ0v) is 16.5. The van der Waals surface area contributed by atoms with Gasteiger partial charge in [-0.3, -0.25) is 9.59 Å². The quantitative estimate of drug-likeness (QED) is 0.597. The Kier molecular flexibility index (Phi) is 8.05. The number of carboxylic acid groups (broad SMARTS) is 2. The minimum Gasteiger partial charge on any atom is -0.496 e. The average Bonchev–Trinajstić information content (AvgIpc) is 2.68. The molecule has 0 aromatic heterocycles. The summed E-state index contributed by atoms with van der Waals surface area (Å²) in [4.78, 5) is 22.0. The number of carboxylic acids is 2. The highest BCUT2D eigenvalue weighted by molar-refractivity contribution is 5.76. The summed E-state index contributed by atoms with van der Waals surface area (Å²) >= 11 is 0. The van der Waals surface area contributed by atoms with Crippen molar-refractivity contribution in [3.8, 4) is 5.75 Å². The van der Waals surface area contributed by atoms with Crippen LogP contribution in [0.25, 0.3) is 0 Å². The van der Waals surface area contributed by atoms with Crippen LogP contribution in [0.1, 0.15) is 54.4 Å². The van der Waals surface area contributed by atoms with Gasteiger partial charge in [0.1, 0.15) is 5.75 Å². The molecule has 5 nitrogen and oxygen atoms in total. The minimum absolute atomic E-state index is 0.110. The maximum absolute atomic E-state index is 11.3. The summed E-state index contributed by atoms with van der Waals surface area (Å²) in [7, 11) is 1.63. The molecular weight excluding hydrogens is 356 g/mol. The maximum atomic E-state index is 11.3. The van der Waals surface area contributed by atoms with Gasteiger partial charge >= 0.3 is 11.9 Å². The van der Waals surface area contributed by atoms with Gasteiger partial charge in [0.2, 0.25) is 0 Å². The van der Waals surface area contributed by atoms with Crippen LogP contribution < -0.4 is 4.74 Å². The molecule has 2 rings (SSSR count). The van der Waals surface area contributed by atoms with Crippen molar-refractivity contribution in [2.75, 3.05) is 7.11 Å². The van der Waals surface area contributed by atoms with Gasteiger partial charge in [-0.1, -0.05) is 43.3 Å². The average molecular weight is 384 g/mol. The molecule has 0 saturated heterocycles. The Hall–Kier alpha value is -2.82. The van der Waals surface area contributed by atoms with Crippen molar-refractivity contribution in [1.82, 2.24) is 0 Å². The molecular formula is C23H28O5.